The smallest absolute Gasteiger partial charge is 0.224 e. The minimum absolute atomic E-state index is 0.0784. The highest BCUT2D eigenvalue weighted by Gasteiger charge is 2.21. The first-order valence-corrected chi connectivity index (χ1v) is 10.7. The van der Waals surface area contributed by atoms with E-state index in [9.17, 15) is 14.4 Å². The van der Waals surface area contributed by atoms with Gasteiger partial charge in [-0.25, -0.2) is 0 Å². The Labute approximate surface area is 174 Å². The largest absolute Gasteiger partial charge is 0.368 e. The quantitative estimate of drug-likeness (QED) is 0.649. The van der Waals surface area contributed by atoms with Crippen LogP contribution < -0.4 is 10.2 Å². The fraction of sp³-hybridized carbons (Fsp3) is 0.591. The van der Waals surface area contributed by atoms with Crippen molar-refractivity contribution < 1.29 is 14.4 Å². The number of hydrogen-bond donors (Lipinski definition) is 1. The molecular weight excluding hydrogens is 368 g/mol. The van der Waals surface area contributed by atoms with Gasteiger partial charge in [-0.1, -0.05) is 18.2 Å². The van der Waals surface area contributed by atoms with E-state index in [1.807, 2.05) is 36.9 Å². The van der Waals surface area contributed by atoms with Crippen LogP contribution in [0.5, 0.6) is 0 Å². The Hall–Kier alpha value is -2.57. The van der Waals surface area contributed by atoms with Gasteiger partial charge in [-0.05, 0) is 32.4 Å². The minimum Gasteiger partial charge on any atom is -0.368 e. The predicted octanol–water partition coefficient (Wildman–Crippen LogP) is 1.88. The van der Waals surface area contributed by atoms with Crippen molar-refractivity contribution in [3.05, 3.63) is 30.3 Å². The molecule has 7 nitrogen and oxygen atoms in total. The lowest BCUT2D eigenvalue weighted by atomic mass is 10.2. The second-order valence-electron chi connectivity index (χ2n) is 7.22. The summed E-state index contributed by atoms with van der Waals surface area (Å²) in [5.41, 5.74) is 1.19. The first kappa shape index (κ1) is 22.7. The molecule has 160 valence electrons. The number of carbonyl (C=O) groups excluding carboxylic acids is 3. The summed E-state index contributed by atoms with van der Waals surface area (Å²) >= 11 is 0. The summed E-state index contributed by atoms with van der Waals surface area (Å²) in [6.07, 6.45) is 1.56. The topological polar surface area (TPSA) is 73.0 Å². The van der Waals surface area contributed by atoms with Crippen LogP contribution in [0.2, 0.25) is 0 Å². The van der Waals surface area contributed by atoms with Crippen LogP contribution in [0.25, 0.3) is 0 Å². The number of anilines is 1. The zero-order valence-corrected chi connectivity index (χ0v) is 17.7. The van der Waals surface area contributed by atoms with E-state index in [-0.39, 0.29) is 17.7 Å². The van der Waals surface area contributed by atoms with Crippen LogP contribution in [-0.2, 0) is 14.4 Å². The van der Waals surface area contributed by atoms with Crippen molar-refractivity contribution in [1.82, 2.24) is 15.1 Å². The Morgan fingerprint density at radius 3 is 2.21 bits per heavy atom. The molecule has 1 fully saturated rings. The second kappa shape index (κ2) is 12.1. The summed E-state index contributed by atoms with van der Waals surface area (Å²) in [4.78, 5) is 42.1. The predicted molar refractivity (Wildman–Crippen MR) is 115 cm³/mol. The second-order valence-corrected chi connectivity index (χ2v) is 7.22. The average molecular weight is 403 g/mol. The zero-order valence-electron chi connectivity index (χ0n) is 17.7. The molecule has 7 heteroatoms. The molecule has 1 aromatic carbocycles. The van der Waals surface area contributed by atoms with Gasteiger partial charge in [0.1, 0.15) is 0 Å². The van der Waals surface area contributed by atoms with Gasteiger partial charge in [0.25, 0.3) is 0 Å². The number of benzene rings is 1. The van der Waals surface area contributed by atoms with Crippen LogP contribution in [0.3, 0.4) is 0 Å². The number of nitrogens with one attached hydrogen (secondary N) is 1. The zero-order chi connectivity index (χ0) is 21.1. The van der Waals surface area contributed by atoms with E-state index in [1.54, 1.807) is 4.90 Å². The van der Waals surface area contributed by atoms with Gasteiger partial charge in [-0.15, -0.1) is 0 Å². The van der Waals surface area contributed by atoms with Crippen molar-refractivity contribution in [1.29, 1.82) is 0 Å². The third kappa shape index (κ3) is 7.40. The van der Waals surface area contributed by atoms with E-state index in [4.69, 9.17) is 0 Å². The molecule has 3 amide bonds. The Bertz CT molecular complexity index is 653. The summed E-state index contributed by atoms with van der Waals surface area (Å²) in [6, 6.07) is 10.2. The molecule has 1 aliphatic rings. The fourth-order valence-corrected chi connectivity index (χ4v) is 3.54. The van der Waals surface area contributed by atoms with Crippen LogP contribution in [0.4, 0.5) is 5.69 Å². The molecule has 0 unspecified atom stereocenters. The van der Waals surface area contributed by atoms with Crippen LogP contribution in [-0.4, -0.2) is 73.3 Å². The van der Waals surface area contributed by atoms with Crippen molar-refractivity contribution in [3.8, 4) is 0 Å². The highest BCUT2D eigenvalue weighted by molar-refractivity contribution is 5.80. The molecule has 0 saturated carbocycles. The molecule has 1 N–H and O–H groups in total. The van der Waals surface area contributed by atoms with Crippen LogP contribution in [0, 0.1) is 0 Å². The summed E-state index contributed by atoms with van der Waals surface area (Å²) in [7, 11) is 0. The van der Waals surface area contributed by atoms with Crippen LogP contribution in [0.15, 0.2) is 30.3 Å². The lowest BCUT2D eigenvalue weighted by Gasteiger charge is -2.36. The van der Waals surface area contributed by atoms with Gasteiger partial charge in [0, 0.05) is 70.8 Å². The lowest BCUT2D eigenvalue weighted by Crippen LogP contribution is -2.49. The molecule has 0 atom stereocenters. The minimum atomic E-state index is -0.0981. The average Bonchev–Trinajstić information content (AvgIpc) is 2.75. The molecule has 0 radical (unpaired) electrons. The molecule has 29 heavy (non-hydrogen) atoms. The molecule has 2 rings (SSSR count). The number of amides is 3. The number of hydrogen-bond acceptors (Lipinski definition) is 4. The van der Waals surface area contributed by atoms with E-state index in [0.717, 1.165) is 13.1 Å². The first-order valence-electron chi connectivity index (χ1n) is 10.7. The number of nitrogens with zero attached hydrogens (tertiary/aromatic N) is 3. The summed E-state index contributed by atoms with van der Waals surface area (Å²) < 4.78 is 0. The standard InChI is InChI=1S/C22H34N4O3/c1-3-24(4-2)21(28)12-8-11-20(27)23-14-13-22(29)26-17-15-25(16-18-26)19-9-6-5-7-10-19/h5-7,9-10H,3-4,8,11-18H2,1-2H3,(H,23,27). The van der Waals surface area contributed by atoms with Gasteiger partial charge in [-0.3, -0.25) is 14.4 Å². The van der Waals surface area contributed by atoms with E-state index in [0.29, 0.717) is 58.4 Å². The Kier molecular flexibility index (Phi) is 9.47. The molecule has 0 bridgehead atoms. The van der Waals surface area contributed by atoms with Gasteiger partial charge in [0.05, 0.1) is 0 Å². The molecule has 1 aliphatic heterocycles. The molecule has 1 saturated heterocycles. The van der Waals surface area contributed by atoms with Gasteiger partial charge < -0.3 is 20.0 Å². The highest BCUT2D eigenvalue weighted by Crippen LogP contribution is 2.15. The molecule has 0 aromatic heterocycles. The summed E-state index contributed by atoms with van der Waals surface area (Å²) in [5, 5.41) is 2.80. The Morgan fingerprint density at radius 2 is 1.59 bits per heavy atom. The van der Waals surface area contributed by atoms with Crippen molar-refractivity contribution in [2.75, 3.05) is 50.7 Å². The van der Waals surface area contributed by atoms with Gasteiger partial charge in [-0.2, -0.15) is 0 Å². The van der Waals surface area contributed by atoms with Crippen molar-refractivity contribution in [2.24, 2.45) is 0 Å². The lowest BCUT2D eigenvalue weighted by molar-refractivity contribution is -0.131. The first-order chi connectivity index (χ1) is 14.0. The van der Waals surface area contributed by atoms with Crippen LogP contribution in [0.1, 0.15) is 39.5 Å². The van der Waals surface area contributed by atoms with Gasteiger partial charge >= 0.3 is 0 Å². The molecule has 1 aromatic rings. The van der Waals surface area contributed by atoms with E-state index in [1.165, 1.54) is 5.69 Å². The number of piperazine rings is 1. The highest BCUT2D eigenvalue weighted by atomic mass is 16.2. The van der Waals surface area contributed by atoms with Gasteiger partial charge in [0.15, 0.2) is 0 Å². The third-order valence-electron chi connectivity index (χ3n) is 5.33. The Morgan fingerprint density at radius 1 is 0.931 bits per heavy atom. The molecule has 0 aliphatic carbocycles. The molecular formula is C22H34N4O3. The van der Waals surface area contributed by atoms with E-state index < -0.39 is 0 Å². The number of para-hydroxylation sites is 1. The molecule has 0 spiro atoms. The maximum absolute atomic E-state index is 12.4. The van der Waals surface area contributed by atoms with Crippen molar-refractivity contribution in [2.45, 2.75) is 39.5 Å². The van der Waals surface area contributed by atoms with Gasteiger partial charge in [0.2, 0.25) is 17.7 Å². The summed E-state index contributed by atoms with van der Waals surface area (Å²) in [6.45, 7) is 8.70. The monoisotopic (exact) mass is 402 g/mol. The van der Waals surface area contributed by atoms with E-state index >= 15 is 0 Å². The maximum atomic E-state index is 12.4. The third-order valence-corrected chi connectivity index (χ3v) is 5.33. The van der Waals surface area contributed by atoms with Crippen LogP contribution >= 0.6 is 0 Å². The summed E-state index contributed by atoms with van der Waals surface area (Å²) in [5.74, 6) is 0.0707. The Balaban J connectivity index is 1.59. The van der Waals surface area contributed by atoms with E-state index in [2.05, 4.69) is 22.3 Å². The maximum Gasteiger partial charge on any atom is 0.224 e. The normalized spacial score (nSPS) is 13.9. The number of carbonyl (C=O) groups is 3. The molecule has 1 heterocycles. The SMILES string of the molecule is CCN(CC)C(=O)CCCC(=O)NCCC(=O)N1CCN(c2ccccc2)CC1. The fourth-order valence-electron chi connectivity index (χ4n) is 3.54. The number of rotatable bonds is 10. The van der Waals surface area contributed by atoms with Crippen molar-refractivity contribution in [3.63, 3.8) is 0 Å². The van der Waals surface area contributed by atoms with Crippen molar-refractivity contribution >= 4 is 23.4 Å².